The highest BCUT2D eigenvalue weighted by atomic mass is 16.5. The molecule has 12 heavy (non-hydrogen) atoms. The number of nitrogens with zero attached hydrogens (tertiary/aromatic N) is 2. The van der Waals surface area contributed by atoms with Gasteiger partial charge in [-0.25, -0.2) is 4.79 Å². The largest absolute Gasteiger partial charge is 0.448 e. The van der Waals surface area contributed by atoms with E-state index in [2.05, 4.69) is 5.10 Å². The number of nitrogen functional groups attached to an aromatic ring is 1. The first-order chi connectivity index (χ1) is 5.65. The van der Waals surface area contributed by atoms with Gasteiger partial charge in [0.2, 0.25) is 0 Å². The molecule has 0 aromatic carbocycles. The number of aryl methyl sites for hydroxylation is 1. The summed E-state index contributed by atoms with van der Waals surface area (Å²) in [7, 11) is 0. The number of rotatable bonds is 1. The zero-order chi connectivity index (χ0) is 9.14. The van der Waals surface area contributed by atoms with Gasteiger partial charge in [0.1, 0.15) is 5.82 Å². The van der Waals surface area contributed by atoms with Gasteiger partial charge >= 0.3 is 6.09 Å². The van der Waals surface area contributed by atoms with Crippen LogP contribution in [0.3, 0.4) is 0 Å². The molecule has 0 saturated heterocycles. The van der Waals surface area contributed by atoms with Crippen molar-refractivity contribution in [1.29, 1.82) is 0 Å². The summed E-state index contributed by atoms with van der Waals surface area (Å²) in [5.41, 5.74) is 6.05. The first-order valence-corrected chi connectivity index (χ1v) is 3.64. The Labute approximate surface area is 70.1 Å². The van der Waals surface area contributed by atoms with E-state index in [4.69, 9.17) is 10.5 Å². The molecular formula is C7H11N3O2. The second-order valence-electron chi connectivity index (χ2n) is 2.32. The van der Waals surface area contributed by atoms with Gasteiger partial charge in [0, 0.05) is 11.8 Å². The summed E-state index contributed by atoms with van der Waals surface area (Å²) >= 11 is 0. The normalized spacial score (nSPS) is 9.83. The van der Waals surface area contributed by atoms with E-state index in [0.717, 1.165) is 4.68 Å². The summed E-state index contributed by atoms with van der Waals surface area (Å²) in [5.74, 6) is 0.320. The van der Waals surface area contributed by atoms with Crippen LogP contribution in [0.4, 0.5) is 10.6 Å². The highest BCUT2D eigenvalue weighted by Gasteiger charge is 2.09. The van der Waals surface area contributed by atoms with Crippen molar-refractivity contribution >= 4 is 11.9 Å². The second kappa shape index (κ2) is 3.25. The van der Waals surface area contributed by atoms with E-state index >= 15 is 0 Å². The van der Waals surface area contributed by atoms with E-state index in [1.807, 2.05) is 0 Å². The smallest absolute Gasteiger partial charge is 0.434 e. The lowest BCUT2D eigenvalue weighted by molar-refractivity contribution is 0.150. The Morgan fingerprint density at radius 3 is 2.92 bits per heavy atom. The third-order valence-corrected chi connectivity index (χ3v) is 1.35. The van der Waals surface area contributed by atoms with Crippen molar-refractivity contribution < 1.29 is 9.53 Å². The van der Waals surface area contributed by atoms with Crippen molar-refractivity contribution in [2.24, 2.45) is 0 Å². The molecule has 1 aromatic rings. The number of carbonyl (C=O) groups excluding carboxylic acids is 1. The number of anilines is 1. The van der Waals surface area contributed by atoms with Crippen molar-refractivity contribution in [2.45, 2.75) is 13.8 Å². The summed E-state index contributed by atoms with van der Waals surface area (Å²) in [6.45, 7) is 3.80. The zero-order valence-electron chi connectivity index (χ0n) is 7.07. The number of nitrogens with two attached hydrogens (primary N) is 1. The van der Waals surface area contributed by atoms with Crippen LogP contribution >= 0.6 is 0 Å². The zero-order valence-corrected chi connectivity index (χ0v) is 7.07. The molecule has 0 atom stereocenters. The van der Waals surface area contributed by atoms with Crippen LogP contribution in [0.15, 0.2) is 6.07 Å². The predicted molar refractivity (Wildman–Crippen MR) is 43.8 cm³/mol. The van der Waals surface area contributed by atoms with Crippen molar-refractivity contribution in [1.82, 2.24) is 9.78 Å². The molecule has 0 radical (unpaired) electrons. The number of aromatic nitrogens is 2. The van der Waals surface area contributed by atoms with E-state index < -0.39 is 6.09 Å². The molecule has 2 N–H and O–H groups in total. The molecule has 0 aliphatic carbocycles. The minimum Gasteiger partial charge on any atom is -0.448 e. The fourth-order valence-electron chi connectivity index (χ4n) is 0.868. The maximum Gasteiger partial charge on any atom is 0.434 e. The van der Waals surface area contributed by atoms with Crippen LogP contribution in [0.25, 0.3) is 0 Å². The number of ether oxygens (including phenoxy) is 1. The van der Waals surface area contributed by atoms with Crippen LogP contribution in [0, 0.1) is 6.92 Å². The molecule has 0 unspecified atom stereocenters. The average Bonchev–Trinajstić information content (AvgIpc) is 2.30. The van der Waals surface area contributed by atoms with Gasteiger partial charge in [-0.05, 0) is 13.8 Å². The van der Waals surface area contributed by atoms with Gasteiger partial charge in [0.05, 0.1) is 6.61 Å². The molecule has 1 heterocycles. The third-order valence-electron chi connectivity index (χ3n) is 1.35. The minimum absolute atomic E-state index is 0.320. The SMILES string of the molecule is CCOC(=O)n1nc(N)cc1C. The Morgan fingerprint density at radius 2 is 2.50 bits per heavy atom. The summed E-state index contributed by atoms with van der Waals surface area (Å²) in [6, 6.07) is 1.61. The fraction of sp³-hybridized carbons (Fsp3) is 0.429. The second-order valence-corrected chi connectivity index (χ2v) is 2.32. The molecule has 0 amide bonds. The van der Waals surface area contributed by atoms with Crippen LogP contribution in [-0.2, 0) is 4.74 Å². The van der Waals surface area contributed by atoms with Crippen molar-refractivity contribution in [3.8, 4) is 0 Å². The van der Waals surface area contributed by atoms with Gasteiger partial charge in [0.25, 0.3) is 0 Å². The third kappa shape index (κ3) is 1.55. The van der Waals surface area contributed by atoms with Gasteiger partial charge in [-0.1, -0.05) is 0 Å². The van der Waals surface area contributed by atoms with Gasteiger partial charge in [-0.15, -0.1) is 5.10 Å². The van der Waals surface area contributed by atoms with Crippen molar-refractivity contribution in [3.63, 3.8) is 0 Å². The Bertz CT molecular complexity index is 293. The van der Waals surface area contributed by atoms with E-state index in [1.54, 1.807) is 19.9 Å². The van der Waals surface area contributed by atoms with E-state index in [0.29, 0.717) is 18.1 Å². The molecule has 66 valence electrons. The van der Waals surface area contributed by atoms with Crippen molar-refractivity contribution in [2.75, 3.05) is 12.3 Å². The van der Waals surface area contributed by atoms with Crippen LogP contribution in [0.5, 0.6) is 0 Å². The first kappa shape index (κ1) is 8.58. The van der Waals surface area contributed by atoms with Gasteiger partial charge in [0.15, 0.2) is 0 Å². The first-order valence-electron chi connectivity index (χ1n) is 3.64. The quantitative estimate of drug-likeness (QED) is 0.674. The van der Waals surface area contributed by atoms with Gasteiger partial charge in [-0.2, -0.15) is 4.68 Å². The number of hydrogen-bond acceptors (Lipinski definition) is 4. The summed E-state index contributed by atoms with van der Waals surface area (Å²) < 4.78 is 5.87. The molecule has 1 rings (SSSR count). The molecule has 5 nitrogen and oxygen atoms in total. The molecule has 0 saturated carbocycles. The van der Waals surface area contributed by atoms with Crippen molar-refractivity contribution in [3.05, 3.63) is 11.8 Å². The van der Waals surface area contributed by atoms with E-state index in [1.165, 1.54) is 0 Å². The lowest BCUT2D eigenvalue weighted by Gasteiger charge is -2.01. The highest BCUT2D eigenvalue weighted by molar-refractivity contribution is 5.70. The monoisotopic (exact) mass is 169 g/mol. The molecule has 0 aliphatic heterocycles. The standard InChI is InChI=1S/C7H11N3O2/c1-3-12-7(11)10-5(2)4-6(8)9-10/h4H,3H2,1-2H3,(H2,8,9). The molecule has 0 aliphatic rings. The molecule has 5 heteroatoms. The Balaban J connectivity index is 2.87. The van der Waals surface area contributed by atoms with Gasteiger partial charge < -0.3 is 10.5 Å². The molecule has 0 bridgehead atoms. The van der Waals surface area contributed by atoms with Crippen LogP contribution in [-0.4, -0.2) is 22.5 Å². The minimum atomic E-state index is -0.494. The average molecular weight is 169 g/mol. The van der Waals surface area contributed by atoms with Crippen LogP contribution < -0.4 is 5.73 Å². The molecule has 0 spiro atoms. The molecular weight excluding hydrogens is 158 g/mol. The fourth-order valence-corrected chi connectivity index (χ4v) is 0.868. The topological polar surface area (TPSA) is 70.1 Å². The number of carbonyl (C=O) groups is 1. The summed E-state index contributed by atoms with van der Waals surface area (Å²) in [4.78, 5) is 11.1. The van der Waals surface area contributed by atoms with Crippen LogP contribution in [0.2, 0.25) is 0 Å². The van der Waals surface area contributed by atoms with E-state index in [-0.39, 0.29) is 0 Å². The number of hydrogen-bond donors (Lipinski definition) is 1. The Morgan fingerprint density at radius 1 is 1.83 bits per heavy atom. The summed E-state index contributed by atoms with van der Waals surface area (Å²) in [6.07, 6.45) is -0.494. The lowest BCUT2D eigenvalue weighted by atomic mass is 10.5. The van der Waals surface area contributed by atoms with E-state index in [9.17, 15) is 4.79 Å². The maximum atomic E-state index is 11.1. The van der Waals surface area contributed by atoms with Gasteiger partial charge in [-0.3, -0.25) is 0 Å². The molecule has 0 fully saturated rings. The predicted octanol–water partition coefficient (Wildman–Crippen LogP) is 0.778. The Hall–Kier alpha value is -1.52. The lowest BCUT2D eigenvalue weighted by Crippen LogP contribution is -2.16. The highest BCUT2D eigenvalue weighted by Crippen LogP contribution is 2.04. The molecule has 1 aromatic heterocycles. The maximum absolute atomic E-state index is 11.1. The van der Waals surface area contributed by atoms with Crippen LogP contribution in [0.1, 0.15) is 12.6 Å². The Kier molecular flexibility index (Phi) is 2.32. The summed E-state index contributed by atoms with van der Waals surface area (Å²) in [5, 5.41) is 3.75.